The molecule has 0 saturated heterocycles. The third-order valence-corrected chi connectivity index (χ3v) is 7.46. The molecule has 224 valence electrons. The number of fused-ring (bicyclic) bond motifs is 1. The number of carbonyl (C=O) groups is 2. The zero-order valence-corrected chi connectivity index (χ0v) is 25.0. The standard InChI is InChI=1S/C33H39FN2O6/c1-7-41-30(38)18-23(37)12-9-21-10-13-25(29(16-21)40-6)24-14-15-27-31(36(5)32(39)33(3,4)35-27)26(24)19-42-28-17-22(34)11-8-20(28)2/h8,10-11,13-17,23,35,37H,7,9,12,18-19H2,1-6H3. The highest BCUT2D eigenvalue weighted by Gasteiger charge is 2.38. The van der Waals surface area contributed by atoms with E-state index in [1.54, 1.807) is 32.0 Å². The summed E-state index contributed by atoms with van der Waals surface area (Å²) in [5.74, 6) is 0.106. The van der Waals surface area contributed by atoms with Crippen LogP contribution in [0, 0.1) is 12.7 Å². The van der Waals surface area contributed by atoms with E-state index < -0.39 is 23.4 Å². The molecule has 42 heavy (non-hydrogen) atoms. The Kier molecular flexibility index (Phi) is 9.41. The summed E-state index contributed by atoms with van der Waals surface area (Å²) in [6, 6.07) is 14.1. The van der Waals surface area contributed by atoms with Crippen molar-refractivity contribution < 1.29 is 33.3 Å². The van der Waals surface area contributed by atoms with Crippen molar-refractivity contribution in [1.29, 1.82) is 0 Å². The molecule has 0 spiro atoms. The van der Waals surface area contributed by atoms with Crippen LogP contribution in [0.3, 0.4) is 0 Å². The van der Waals surface area contributed by atoms with Crippen LogP contribution >= 0.6 is 0 Å². The maximum Gasteiger partial charge on any atom is 0.308 e. The first-order valence-electron chi connectivity index (χ1n) is 14.1. The van der Waals surface area contributed by atoms with E-state index in [0.717, 1.165) is 33.5 Å². The molecule has 0 radical (unpaired) electrons. The van der Waals surface area contributed by atoms with Crippen LogP contribution in [0.4, 0.5) is 15.8 Å². The molecule has 1 heterocycles. The van der Waals surface area contributed by atoms with Crippen molar-refractivity contribution in [3.8, 4) is 22.6 Å². The molecular weight excluding hydrogens is 539 g/mol. The van der Waals surface area contributed by atoms with Crippen molar-refractivity contribution in [3.05, 3.63) is 71.0 Å². The lowest BCUT2D eigenvalue weighted by Crippen LogP contribution is -2.52. The first-order valence-corrected chi connectivity index (χ1v) is 14.1. The number of aliphatic hydroxyl groups excluding tert-OH is 1. The molecule has 8 nitrogen and oxygen atoms in total. The number of hydrogen-bond donors (Lipinski definition) is 2. The third kappa shape index (κ3) is 6.68. The molecule has 3 aromatic rings. The molecule has 1 aliphatic rings. The number of carbonyl (C=O) groups excluding carboxylic acids is 2. The number of likely N-dealkylation sites (N-methyl/N-ethyl adjacent to an activating group) is 1. The van der Waals surface area contributed by atoms with Crippen LogP contribution in [0.2, 0.25) is 0 Å². The number of rotatable bonds is 11. The van der Waals surface area contributed by atoms with E-state index in [4.69, 9.17) is 14.2 Å². The number of nitrogens with zero attached hydrogens (tertiary/aromatic N) is 1. The lowest BCUT2D eigenvalue weighted by molar-refractivity contribution is -0.145. The fourth-order valence-corrected chi connectivity index (χ4v) is 5.27. The van der Waals surface area contributed by atoms with Gasteiger partial charge in [0, 0.05) is 24.2 Å². The SMILES string of the molecule is CCOC(=O)CC(O)CCc1ccc(-c2ccc3c(c2COc2cc(F)ccc2C)N(C)C(=O)C(C)(C)N3)c(OC)c1. The number of aliphatic hydroxyl groups is 1. The molecule has 0 fully saturated rings. The molecule has 3 aromatic carbocycles. The smallest absolute Gasteiger partial charge is 0.308 e. The Balaban J connectivity index is 1.71. The lowest BCUT2D eigenvalue weighted by Gasteiger charge is -2.39. The summed E-state index contributed by atoms with van der Waals surface area (Å²) in [5.41, 5.74) is 4.72. The summed E-state index contributed by atoms with van der Waals surface area (Å²) in [6.07, 6.45) is 0.0615. The van der Waals surface area contributed by atoms with Gasteiger partial charge in [0.05, 0.1) is 37.6 Å². The molecule has 1 aliphatic heterocycles. The third-order valence-electron chi connectivity index (χ3n) is 7.46. The molecule has 9 heteroatoms. The summed E-state index contributed by atoms with van der Waals surface area (Å²) in [5, 5.41) is 13.6. The van der Waals surface area contributed by atoms with E-state index in [9.17, 15) is 19.1 Å². The number of benzene rings is 3. The van der Waals surface area contributed by atoms with Gasteiger partial charge in [0.15, 0.2) is 0 Å². The second kappa shape index (κ2) is 12.8. The van der Waals surface area contributed by atoms with Gasteiger partial charge in [-0.05, 0) is 75.4 Å². The Morgan fingerprint density at radius 2 is 1.83 bits per heavy atom. The first-order chi connectivity index (χ1) is 19.9. The zero-order valence-electron chi connectivity index (χ0n) is 25.0. The Morgan fingerprint density at radius 3 is 2.55 bits per heavy atom. The van der Waals surface area contributed by atoms with Crippen molar-refractivity contribution in [2.75, 3.05) is 31.0 Å². The molecule has 0 saturated carbocycles. The molecule has 1 unspecified atom stereocenters. The minimum absolute atomic E-state index is 0.0522. The largest absolute Gasteiger partial charge is 0.496 e. The number of anilines is 2. The van der Waals surface area contributed by atoms with E-state index in [2.05, 4.69) is 5.32 Å². The number of halogens is 1. The number of nitrogens with one attached hydrogen (secondary N) is 1. The molecule has 1 amide bonds. The predicted octanol–water partition coefficient (Wildman–Crippen LogP) is 5.80. The van der Waals surface area contributed by atoms with Crippen molar-refractivity contribution in [1.82, 2.24) is 0 Å². The van der Waals surface area contributed by atoms with E-state index in [0.29, 0.717) is 30.0 Å². The van der Waals surface area contributed by atoms with Gasteiger partial charge in [-0.15, -0.1) is 0 Å². The van der Waals surface area contributed by atoms with E-state index in [1.165, 1.54) is 12.1 Å². The van der Waals surface area contributed by atoms with Crippen LogP contribution in [0.5, 0.6) is 11.5 Å². The van der Waals surface area contributed by atoms with Crippen LogP contribution in [0.15, 0.2) is 48.5 Å². The Morgan fingerprint density at radius 1 is 1.10 bits per heavy atom. The monoisotopic (exact) mass is 578 g/mol. The highest BCUT2D eigenvalue weighted by atomic mass is 19.1. The van der Waals surface area contributed by atoms with Gasteiger partial charge < -0.3 is 29.5 Å². The van der Waals surface area contributed by atoms with Crippen molar-refractivity contribution >= 4 is 23.3 Å². The quantitative estimate of drug-likeness (QED) is 0.278. The maximum absolute atomic E-state index is 14.0. The summed E-state index contributed by atoms with van der Waals surface area (Å²) < 4.78 is 30.9. The number of ether oxygens (including phenoxy) is 3. The fraction of sp³-hybridized carbons (Fsp3) is 0.394. The lowest BCUT2D eigenvalue weighted by atomic mass is 9.91. The van der Waals surface area contributed by atoms with Crippen LogP contribution in [-0.4, -0.2) is 49.4 Å². The fourth-order valence-electron chi connectivity index (χ4n) is 5.27. The molecule has 0 aromatic heterocycles. The van der Waals surface area contributed by atoms with E-state index >= 15 is 0 Å². The number of amides is 1. The van der Waals surface area contributed by atoms with Gasteiger partial charge in [-0.2, -0.15) is 0 Å². The molecular formula is C33H39FN2O6. The molecule has 2 N–H and O–H groups in total. The summed E-state index contributed by atoms with van der Waals surface area (Å²) >= 11 is 0. The van der Waals surface area contributed by atoms with Crippen molar-refractivity contribution in [3.63, 3.8) is 0 Å². The highest BCUT2D eigenvalue weighted by Crippen LogP contribution is 2.44. The summed E-state index contributed by atoms with van der Waals surface area (Å²) in [6.45, 7) is 7.60. The topological polar surface area (TPSA) is 97.3 Å². The zero-order chi connectivity index (χ0) is 30.6. The van der Waals surface area contributed by atoms with Crippen molar-refractivity contribution in [2.24, 2.45) is 0 Å². The summed E-state index contributed by atoms with van der Waals surface area (Å²) in [7, 11) is 3.33. The number of hydrogen-bond acceptors (Lipinski definition) is 7. The maximum atomic E-state index is 14.0. The van der Waals surface area contributed by atoms with Gasteiger partial charge in [-0.1, -0.05) is 24.3 Å². The molecule has 1 atom stereocenters. The molecule has 4 rings (SSSR count). The van der Waals surface area contributed by atoms with E-state index in [-0.39, 0.29) is 25.5 Å². The van der Waals surface area contributed by atoms with E-state index in [1.807, 2.05) is 51.1 Å². The van der Waals surface area contributed by atoms with Crippen LogP contribution in [-0.2, 0) is 27.4 Å². The Labute approximate surface area is 246 Å². The normalized spacial score (nSPS) is 14.6. The average molecular weight is 579 g/mol. The van der Waals surface area contributed by atoms with Gasteiger partial charge >= 0.3 is 5.97 Å². The van der Waals surface area contributed by atoms with Gasteiger partial charge in [0.1, 0.15) is 29.5 Å². The highest BCUT2D eigenvalue weighted by molar-refractivity contribution is 6.08. The predicted molar refractivity (Wildman–Crippen MR) is 161 cm³/mol. The van der Waals surface area contributed by atoms with Crippen LogP contribution < -0.4 is 19.7 Å². The number of methoxy groups -OCH3 is 1. The van der Waals surface area contributed by atoms with Crippen molar-refractivity contribution in [2.45, 2.75) is 65.2 Å². The second-order valence-corrected chi connectivity index (χ2v) is 11.0. The molecule has 0 bridgehead atoms. The van der Waals surface area contributed by atoms with Gasteiger partial charge in [-0.3, -0.25) is 9.59 Å². The Bertz CT molecular complexity index is 1470. The first kappa shape index (κ1) is 30.8. The van der Waals surface area contributed by atoms with Gasteiger partial charge in [0.25, 0.3) is 5.91 Å². The number of aryl methyl sites for hydroxylation is 2. The minimum atomic E-state index is -0.810. The molecule has 0 aliphatic carbocycles. The number of esters is 1. The average Bonchev–Trinajstić information content (AvgIpc) is 2.95. The van der Waals surface area contributed by atoms with Gasteiger partial charge in [0.2, 0.25) is 0 Å². The second-order valence-electron chi connectivity index (χ2n) is 11.0. The van der Waals surface area contributed by atoms with Crippen LogP contribution in [0.1, 0.15) is 50.3 Å². The van der Waals surface area contributed by atoms with Crippen LogP contribution in [0.25, 0.3) is 11.1 Å². The summed E-state index contributed by atoms with van der Waals surface area (Å²) in [4.78, 5) is 26.6. The minimum Gasteiger partial charge on any atom is -0.496 e. The van der Waals surface area contributed by atoms with Gasteiger partial charge in [-0.25, -0.2) is 4.39 Å². The Hall–Kier alpha value is -4.11.